The summed E-state index contributed by atoms with van der Waals surface area (Å²) in [6.07, 6.45) is -4.83. The number of alkyl halides is 4. The second-order valence-electron chi connectivity index (χ2n) is 16.9. The van der Waals surface area contributed by atoms with Crippen molar-refractivity contribution < 1.29 is 40.6 Å². The van der Waals surface area contributed by atoms with Gasteiger partial charge in [-0.2, -0.15) is 25.1 Å². The van der Waals surface area contributed by atoms with Crippen LogP contribution in [0.3, 0.4) is 0 Å². The van der Waals surface area contributed by atoms with E-state index in [-0.39, 0.29) is 24.2 Å². The van der Waals surface area contributed by atoms with Crippen LogP contribution in [0.2, 0.25) is 0 Å². The lowest BCUT2D eigenvalue weighted by atomic mass is 10.0. The topological polar surface area (TPSA) is 141 Å². The molecule has 8 aromatic rings. The summed E-state index contributed by atoms with van der Waals surface area (Å²) in [6.45, 7) is 4.70. The van der Waals surface area contributed by atoms with Crippen molar-refractivity contribution in [3.63, 3.8) is 0 Å². The number of ether oxygens (including phenoxy) is 3. The van der Waals surface area contributed by atoms with Crippen LogP contribution in [-0.4, -0.2) is 74.8 Å². The van der Waals surface area contributed by atoms with Gasteiger partial charge in [0.15, 0.2) is 11.3 Å². The number of methoxy groups -OCH3 is 1. The number of aromatic nitrogens is 8. The van der Waals surface area contributed by atoms with E-state index in [4.69, 9.17) is 24.3 Å². The molecule has 0 amide bonds. The molecular weight excluding hydrogens is 931 g/mol. The number of hydrogen-bond acceptors (Lipinski definition) is 11. The van der Waals surface area contributed by atoms with Crippen molar-refractivity contribution in [2.24, 2.45) is 0 Å². The average molecular weight is 985 g/mol. The van der Waals surface area contributed by atoms with Crippen LogP contribution in [0.15, 0.2) is 102 Å². The number of anilines is 2. The van der Waals surface area contributed by atoms with Crippen LogP contribution >= 0.6 is 0 Å². The maximum absolute atomic E-state index is 14.5. The largest absolute Gasteiger partial charge is 0.480 e. The Morgan fingerprint density at radius 3 is 1.48 bits per heavy atom. The number of nitrogens with one attached hydrogen (secondary N) is 1. The maximum Gasteiger partial charge on any atom is 0.266 e. The van der Waals surface area contributed by atoms with Crippen molar-refractivity contribution in [3.8, 4) is 5.88 Å². The number of fused-ring (bicyclic) bond motifs is 2. The van der Waals surface area contributed by atoms with Gasteiger partial charge in [-0.15, -0.1) is 0 Å². The predicted octanol–water partition coefficient (Wildman–Crippen LogP) is 10.7. The molecule has 0 saturated carbocycles. The maximum atomic E-state index is 14.5. The van der Waals surface area contributed by atoms with Crippen molar-refractivity contribution in [1.29, 1.82) is 0 Å². The fourth-order valence-corrected chi connectivity index (χ4v) is 8.00. The van der Waals surface area contributed by atoms with E-state index in [0.717, 1.165) is 35.4 Å². The Morgan fingerprint density at radius 1 is 0.606 bits per heavy atom. The molecule has 0 saturated heterocycles. The highest BCUT2D eigenvalue weighted by Crippen LogP contribution is 2.35. The normalized spacial score (nSPS) is 12.4. The molecule has 4 heterocycles. The zero-order valence-electron chi connectivity index (χ0n) is 40.2. The molecule has 0 aliphatic heterocycles. The summed E-state index contributed by atoms with van der Waals surface area (Å²) in [6, 6.07) is 25.7. The Morgan fingerprint density at radius 2 is 1.07 bits per heavy atom. The molecule has 0 spiro atoms. The molecule has 374 valence electrons. The standard InChI is InChI=1S/C26H28F3N5O2.C25H26F3N5O2/c1-5-21(17-11-12-18(23(28)29)19(27)13-17)34-24-22(25(35-4)31-26(30-24)33(2)3)20(32-34)15-36-14-16-9-7-6-8-10-16;1-4-20(16-10-11-17(22(27)28)18(26)12-16)33-23-21(24(34)30-25(29-23)32(2)3)19(31-33)14-35-13-15-8-6-5-7-9-15/h6-13,21,23H,5,14-15H2,1-4H3;5-12,20,22H,4,13-14H2,1-3H3,(H,29,30,34). The molecular formula is C51H54F6N10O4. The summed E-state index contributed by atoms with van der Waals surface area (Å²) < 4.78 is 102. The first-order chi connectivity index (χ1) is 34.1. The minimum Gasteiger partial charge on any atom is -0.480 e. The van der Waals surface area contributed by atoms with Crippen molar-refractivity contribution in [2.75, 3.05) is 45.1 Å². The third-order valence-corrected chi connectivity index (χ3v) is 11.6. The molecule has 0 radical (unpaired) electrons. The predicted molar refractivity (Wildman–Crippen MR) is 258 cm³/mol. The van der Waals surface area contributed by atoms with Crippen LogP contribution in [-0.2, 0) is 35.9 Å². The van der Waals surface area contributed by atoms with Crippen LogP contribution in [0.25, 0.3) is 22.1 Å². The molecule has 0 aliphatic rings. The van der Waals surface area contributed by atoms with Gasteiger partial charge in [0.25, 0.3) is 18.4 Å². The van der Waals surface area contributed by atoms with Gasteiger partial charge in [0.2, 0.25) is 17.8 Å². The van der Waals surface area contributed by atoms with Gasteiger partial charge in [0, 0.05) is 28.2 Å². The quantitative estimate of drug-likeness (QED) is 0.0774. The van der Waals surface area contributed by atoms with Gasteiger partial charge in [-0.1, -0.05) is 98.8 Å². The monoisotopic (exact) mass is 984 g/mol. The van der Waals surface area contributed by atoms with E-state index in [1.54, 1.807) is 47.4 Å². The zero-order chi connectivity index (χ0) is 50.9. The molecule has 1 N–H and O–H groups in total. The van der Waals surface area contributed by atoms with Gasteiger partial charge < -0.3 is 24.0 Å². The minimum absolute atomic E-state index is 0.0551. The Bertz CT molecular complexity index is 3110. The van der Waals surface area contributed by atoms with E-state index in [2.05, 4.69) is 20.1 Å². The summed E-state index contributed by atoms with van der Waals surface area (Å²) in [7, 11) is 8.61. The Labute approximate surface area is 405 Å². The van der Waals surface area contributed by atoms with Gasteiger partial charge in [0.05, 0.1) is 56.7 Å². The smallest absolute Gasteiger partial charge is 0.266 e. The molecule has 20 heteroatoms. The fourth-order valence-electron chi connectivity index (χ4n) is 8.00. The first-order valence-corrected chi connectivity index (χ1v) is 22.7. The van der Waals surface area contributed by atoms with E-state index < -0.39 is 47.7 Å². The molecule has 0 aliphatic carbocycles. The van der Waals surface area contributed by atoms with Gasteiger partial charge >= 0.3 is 0 Å². The van der Waals surface area contributed by atoms with Crippen LogP contribution in [0, 0.1) is 11.6 Å². The molecule has 8 rings (SSSR count). The third kappa shape index (κ3) is 11.7. The van der Waals surface area contributed by atoms with Crippen LogP contribution in [0.1, 0.15) is 96.4 Å². The molecule has 0 bridgehead atoms. The lowest BCUT2D eigenvalue weighted by Crippen LogP contribution is -2.20. The SMILES string of the molecule is CCC(c1ccc(C(F)F)c(F)c1)n1nc(COCc2ccccc2)c2c(=O)[nH]c(N(C)C)nc21.CCC(c1ccc(C(F)F)c(F)c1)n1nc(COCc2ccccc2)c2c(OC)nc(N(C)C)nc21. The van der Waals surface area contributed by atoms with Crippen molar-refractivity contribution >= 4 is 34.0 Å². The Balaban J connectivity index is 0.000000209. The summed E-state index contributed by atoms with van der Waals surface area (Å²) in [5.74, 6) is -0.869. The molecule has 2 unspecified atom stereocenters. The van der Waals surface area contributed by atoms with Gasteiger partial charge in [0.1, 0.15) is 33.8 Å². The molecule has 4 aromatic carbocycles. The summed E-state index contributed by atoms with van der Waals surface area (Å²) in [5, 5.41) is 10.3. The second-order valence-corrected chi connectivity index (χ2v) is 16.9. The number of hydrogen-bond donors (Lipinski definition) is 1. The lowest BCUT2D eigenvalue weighted by molar-refractivity contribution is 0.104. The number of rotatable bonds is 19. The summed E-state index contributed by atoms with van der Waals surface area (Å²) in [5.41, 5.74) is 3.01. The molecule has 0 fully saturated rings. The van der Waals surface area contributed by atoms with E-state index in [0.29, 0.717) is 83.0 Å². The number of halogens is 6. The third-order valence-electron chi connectivity index (χ3n) is 11.6. The first kappa shape index (κ1) is 51.5. The van der Waals surface area contributed by atoms with E-state index in [9.17, 15) is 31.1 Å². The number of aromatic amines is 1. The van der Waals surface area contributed by atoms with E-state index >= 15 is 0 Å². The minimum atomic E-state index is -2.91. The Hall–Kier alpha value is -7.32. The van der Waals surface area contributed by atoms with E-state index in [1.165, 1.54) is 19.2 Å². The van der Waals surface area contributed by atoms with Gasteiger partial charge in [-0.25, -0.2) is 35.7 Å². The van der Waals surface area contributed by atoms with Crippen LogP contribution in [0.4, 0.5) is 38.2 Å². The van der Waals surface area contributed by atoms with E-state index in [1.807, 2.05) is 74.5 Å². The molecule has 71 heavy (non-hydrogen) atoms. The lowest BCUT2D eigenvalue weighted by Gasteiger charge is -2.19. The number of benzene rings is 4. The Kier molecular flexibility index (Phi) is 16.7. The second kappa shape index (κ2) is 23.1. The molecule has 4 aromatic heterocycles. The highest BCUT2D eigenvalue weighted by atomic mass is 19.3. The molecule has 14 nitrogen and oxygen atoms in total. The number of nitrogens with zero attached hydrogens (tertiary/aromatic N) is 9. The van der Waals surface area contributed by atoms with Crippen molar-refractivity contribution in [1.82, 2.24) is 39.5 Å². The first-order valence-electron chi connectivity index (χ1n) is 22.7. The van der Waals surface area contributed by atoms with Crippen molar-refractivity contribution in [2.45, 2.75) is 78.1 Å². The highest BCUT2D eigenvalue weighted by Gasteiger charge is 2.27. The van der Waals surface area contributed by atoms with Gasteiger partial charge in [-0.3, -0.25) is 9.78 Å². The summed E-state index contributed by atoms with van der Waals surface area (Å²) in [4.78, 5) is 32.9. The highest BCUT2D eigenvalue weighted by molar-refractivity contribution is 5.85. The molecule has 2 atom stereocenters. The zero-order valence-corrected chi connectivity index (χ0v) is 40.2. The average Bonchev–Trinajstić information content (AvgIpc) is 3.90. The van der Waals surface area contributed by atoms with Gasteiger partial charge in [-0.05, 0) is 47.2 Å². The summed E-state index contributed by atoms with van der Waals surface area (Å²) >= 11 is 0. The fraction of sp³-hybridized carbons (Fsp3) is 0.333. The van der Waals surface area contributed by atoms with Crippen molar-refractivity contribution in [3.05, 3.63) is 164 Å². The van der Waals surface area contributed by atoms with Crippen LogP contribution in [0.5, 0.6) is 5.88 Å². The number of H-pyrrole nitrogens is 1. The van der Waals surface area contributed by atoms with Crippen LogP contribution < -0.4 is 20.1 Å².